The number of nitrogens with two attached hydrogens (primary N) is 1. The molecule has 0 saturated carbocycles. The number of nitrogen functional groups attached to an aromatic ring is 1. The fourth-order valence-electron chi connectivity index (χ4n) is 2.93. The highest BCUT2D eigenvalue weighted by Gasteiger charge is 2.25. The van der Waals surface area contributed by atoms with Crippen molar-refractivity contribution in [1.82, 2.24) is 4.68 Å². The van der Waals surface area contributed by atoms with Crippen molar-refractivity contribution in [2.24, 2.45) is 0 Å². The molecule has 12 heteroatoms. The molecule has 11 nitrogen and oxygen atoms in total. The second kappa shape index (κ2) is 8.22. The van der Waals surface area contributed by atoms with Gasteiger partial charge in [-0.05, 0) is 36.8 Å². The number of nitrogens with zero attached hydrogens (tertiary/aromatic N) is 4. The van der Waals surface area contributed by atoms with Gasteiger partial charge in [-0.2, -0.15) is 23.6 Å². The fraction of sp³-hybridized carbons (Fsp3) is 0.0500. The minimum absolute atomic E-state index is 0.154. The molecule has 3 rings (SSSR count). The zero-order chi connectivity index (χ0) is 23.6. The van der Waals surface area contributed by atoms with Crippen LogP contribution in [0.2, 0.25) is 0 Å². The van der Waals surface area contributed by atoms with Gasteiger partial charge in [-0.3, -0.25) is 14.9 Å². The van der Waals surface area contributed by atoms with Crippen LogP contribution >= 0.6 is 0 Å². The lowest BCUT2D eigenvalue weighted by Crippen LogP contribution is -2.37. The van der Waals surface area contributed by atoms with E-state index in [0.29, 0.717) is 4.68 Å². The molecular weight excluding hydrogens is 436 g/mol. The number of nitro groups is 1. The van der Waals surface area contributed by atoms with Gasteiger partial charge in [0.1, 0.15) is 29.1 Å². The van der Waals surface area contributed by atoms with Crippen molar-refractivity contribution < 1.29 is 13.3 Å². The number of nitriles is 2. The van der Waals surface area contributed by atoms with E-state index in [1.807, 2.05) is 4.83 Å². The van der Waals surface area contributed by atoms with Crippen molar-refractivity contribution in [3.63, 3.8) is 0 Å². The van der Waals surface area contributed by atoms with Crippen LogP contribution in [0.1, 0.15) is 16.7 Å². The lowest BCUT2D eigenvalue weighted by atomic mass is 9.96. The topological polar surface area (TPSA) is 185 Å². The number of sulfonamides is 1. The quantitative estimate of drug-likeness (QED) is 0.436. The Morgan fingerprint density at radius 1 is 1.03 bits per heavy atom. The molecule has 0 aliphatic carbocycles. The number of hydrogen-bond acceptors (Lipinski definition) is 8. The van der Waals surface area contributed by atoms with Crippen LogP contribution in [0.5, 0.6) is 0 Å². The number of rotatable bonds is 5. The molecule has 0 aliphatic heterocycles. The van der Waals surface area contributed by atoms with Crippen molar-refractivity contribution in [1.29, 1.82) is 10.5 Å². The molecule has 1 aromatic heterocycles. The molecule has 0 unspecified atom stereocenters. The molecule has 0 spiro atoms. The first-order valence-electron chi connectivity index (χ1n) is 8.83. The standard InChI is InChI=1S/C20H14N6O5S/c1-12-2-8-15(9-3-12)32(30,31)24-25-19(23)16(10-21)18(17(11-22)20(25)27)13-4-6-14(7-5-13)26(28)29/h2-9,24H,23H2,1H3. The molecule has 0 aliphatic rings. The summed E-state index contributed by atoms with van der Waals surface area (Å²) in [6.07, 6.45) is 0. The molecule has 0 atom stereocenters. The Morgan fingerprint density at radius 3 is 2.09 bits per heavy atom. The molecule has 3 N–H and O–H groups in total. The average molecular weight is 450 g/mol. The van der Waals surface area contributed by atoms with Crippen LogP contribution < -0.4 is 16.1 Å². The summed E-state index contributed by atoms with van der Waals surface area (Å²) in [7, 11) is -4.28. The summed E-state index contributed by atoms with van der Waals surface area (Å²) in [4.78, 5) is 25.0. The van der Waals surface area contributed by atoms with E-state index < -0.39 is 31.9 Å². The molecule has 0 fully saturated rings. The molecule has 0 radical (unpaired) electrons. The number of aromatic nitrogens is 1. The Hall–Kier alpha value is -4.68. The van der Waals surface area contributed by atoms with Gasteiger partial charge in [0.15, 0.2) is 0 Å². The van der Waals surface area contributed by atoms with E-state index in [2.05, 4.69) is 0 Å². The number of aryl methyl sites for hydroxylation is 1. The lowest BCUT2D eigenvalue weighted by molar-refractivity contribution is -0.384. The summed E-state index contributed by atoms with van der Waals surface area (Å²) in [5, 5.41) is 30.1. The minimum Gasteiger partial charge on any atom is -0.382 e. The zero-order valence-corrected chi connectivity index (χ0v) is 17.3. The molecule has 160 valence electrons. The molecular formula is C20H14N6O5S. The number of non-ortho nitro benzene ring substituents is 1. The van der Waals surface area contributed by atoms with E-state index in [0.717, 1.165) is 17.7 Å². The Labute approximate surface area is 181 Å². The maximum absolute atomic E-state index is 12.9. The summed E-state index contributed by atoms with van der Waals surface area (Å²) < 4.78 is 25.9. The van der Waals surface area contributed by atoms with Crippen LogP contribution in [0.25, 0.3) is 11.1 Å². The molecule has 0 bridgehead atoms. The van der Waals surface area contributed by atoms with Crippen molar-refractivity contribution in [2.45, 2.75) is 11.8 Å². The number of nitrogens with one attached hydrogen (secondary N) is 1. The summed E-state index contributed by atoms with van der Waals surface area (Å²) in [6, 6.07) is 14.0. The van der Waals surface area contributed by atoms with Crippen molar-refractivity contribution in [3.8, 4) is 23.3 Å². The maximum atomic E-state index is 12.9. The van der Waals surface area contributed by atoms with Gasteiger partial charge in [0.25, 0.3) is 21.3 Å². The van der Waals surface area contributed by atoms with E-state index in [-0.39, 0.29) is 27.3 Å². The Balaban J connectivity index is 2.22. The third-order valence-corrected chi connectivity index (χ3v) is 5.86. The largest absolute Gasteiger partial charge is 0.382 e. The van der Waals surface area contributed by atoms with Crippen LogP contribution in [0.4, 0.5) is 11.5 Å². The third kappa shape index (κ3) is 3.86. The Kier molecular flexibility index (Phi) is 5.65. The molecule has 0 saturated heterocycles. The van der Waals surface area contributed by atoms with Crippen molar-refractivity contribution in [2.75, 3.05) is 10.6 Å². The van der Waals surface area contributed by atoms with Crippen LogP contribution in [0, 0.1) is 39.7 Å². The van der Waals surface area contributed by atoms with Crippen LogP contribution in [-0.4, -0.2) is 18.0 Å². The second-order valence-corrected chi connectivity index (χ2v) is 8.25. The first-order chi connectivity index (χ1) is 15.1. The normalized spacial score (nSPS) is 10.7. The van der Waals surface area contributed by atoms with Gasteiger partial charge in [-0.15, -0.1) is 0 Å². The maximum Gasteiger partial charge on any atom is 0.290 e. The first-order valence-corrected chi connectivity index (χ1v) is 10.3. The van der Waals surface area contributed by atoms with Crippen molar-refractivity contribution >= 4 is 21.5 Å². The van der Waals surface area contributed by atoms with Crippen LogP contribution in [0.15, 0.2) is 58.2 Å². The second-order valence-electron chi connectivity index (χ2n) is 6.59. The Bertz CT molecular complexity index is 1480. The van der Waals surface area contributed by atoms with E-state index in [1.54, 1.807) is 31.2 Å². The van der Waals surface area contributed by atoms with E-state index in [1.165, 1.54) is 24.3 Å². The monoisotopic (exact) mass is 450 g/mol. The van der Waals surface area contributed by atoms with Gasteiger partial charge in [0.05, 0.1) is 9.82 Å². The molecule has 3 aromatic rings. The fourth-order valence-corrected chi connectivity index (χ4v) is 3.95. The van der Waals surface area contributed by atoms with E-state index >= 15 is 0 Å². The predicted octanol–water partition coefficient (Wildman–Crippen LogP) is 1.99. The van der Waals surface area contributed by atoms with Crippen LogP contribution in [-0.2, 0) is 10.0 Å². The molecule has 32 heavy (non-hydrogen) atoms. The summed E-state index contributed by atoms with van der Waals surface area (Å²) in [6.45, 7) is 1.77. The molecule has 0 amide bonds. The molecule has 2 aromatic carbocycles. The van der Waals surface area contributed by atoms with E-state index in [9.17, 15) is 33.9 Å². The highest BCUT2D eigenvalue weighted by atomic mass is 32.2. The average Bonchev–Trinajstić information content (AvgIpc) is 2.76. The molecule has 1 heterocycles. The third-order valence-electron chi connectivity index (χ3n) is 4.55. The van der Waals surface area contributed by atoms with Gasteiger partial charge in [0.2, 0.25) is 0 Å². The predicted molar refractivity (Wildman–Crippen MR) is 114 cm³/mol. The number of anilines is 1. The number of pyridine rings is 1. The highest BCUT2D eigenvalue weighted by Crippen LogP contribution is 2.30. The van der Waals surface area contributed by atoms with Gasteiger partial charge < -0.3 is 5.73 Å². The first kappa shape index (κ1) is 22.0. The van der Waals surface area contributed by atoms with Crippen molar-refractivity contribution in [3.05, 3.63) is 85.7 Å². The minimum atomic E-state index is -4.28. The van der Waals surface area contributed by atoms with Crippen LogP contribution in [0.3, 0.4) is 0 Å². The van der Waals surface area contributed by atoms with Gasteiger partial charge in [-0.1, -0.05) is 17.7 Å². The SMILES string of the molecule is Cc1ccc(S(=O)(=O)Nn2c(N)c(C#N)c(-c3ccc([N+](=O)[O-])cc3)c(C#N)c2=O)cc1. The summed E-state index contributed by atoms with van der Waals surface area (Å²) >= 11 is 0. The smallest absolute Gasteiger partial charge is 0.290 e. The highest BCUT2D eigenvalue weighted by molar-refractivity contribution is 7.92. The lowest BCUT2D eigenvalue weighted by Gasteiger charge is -2.17. The Morgan fingerprint density at radius 2 is 1.59 bits per heavy atom. The van der Waals surface area contributed by atoms with Gasteiger partial charge in [0, 0.05) is 17.7 Å². The number of benzene rings is 2. The summed E-state index contributed by atoms with van der Waals surface area (Å²) in [5.74, 6) is -0.541. The number of hydrogen-bond donors (Lipinski definition) is 2. The zero-order valence-electron chi connectivity index (χ0n) is 16.4. The van der Waals surface area contributed by atoms with Gasteiger partial charge in [-0.25, -0.2) is 4.83 Å². The van der Waals surface area contributed by atoms with E-state index in [4.69, 9.17) is 5.73 Å². The van der Waals surface area contributed by atoms with Gasteiger partial charge >= 0.3 is 0 Å². The summed E-state index contributed by atoms with van der Waals surface area (Å²) in [5.41, 5.74) is 4.50. The number of nitro benzene ring substituents is 1.